The molecule has 1 fully saturated rings. The highest BCUT2D eigenvalue weighted by atomic mass is 19.1. The Morgan fingerprint density at radius 3 is 2.81 bits per heavy atom. The lowest BCUT2D eigenvalue weighted by atomic mass is 10.0. The van der Waals surface area contributed by atoms with Crippen molar-refractivity contribution in [1.29, 1.82) is 0 Å². The topological polar surface area (TPSA) is 50.8 Å². The monoisotopic (exact) mass is 370 g/mol. The molecule has 1 atom stereocenters. The van der Waals surface area contributed by atoms with Crippen molar-refractivity contribution in [2.24, 2.45) is 0 Å². The number of fused-ring (bicyclic) bond motifs is 1. The van der Waals surface area contributed by atoms with E-state index in [1.165, 1.54) is 6.07 Å². The number of ether oxygens (including phenoxy) is 2. The van der Waals surface area contributed by atoms with Crippen molar-refractivity contribution in [1.82, 2.24) is 10.2 Å². The Morgan fingerprint density at radius 1 is 1.15 bits per heavy atom. The molecule has 1 saturated heterocycles. The first kappa shape index (κ1) is 17.8. The second-order valence-corrected chi connectivity index (χ2v) is 6.90. The molecular formula is C21H23FN2O3. The van der Waals surface area contributed by atoms with Gasteiger partial charge in [-0.2, -0.15) is 0 Å². The molecule has 0 bridgehead atoms. The van der Waals surface area contributed by atoms with Crippen molar-refractivity contribution in [3.05, 3.63) is 59.4 Å². The number of carbonyl (C=O) groups excluding carboxylic acids is 1. The van der Waals surface area contributed by atoms with E-state index >= 15 is 0 Å². The molecule has 142 valence electrons. The minimum absolute atomic E-state index is 0.0947. The fraction of sp³-hybridized carbons (Fsp3) is 0.381. The summed E-state index contributed by atoms with van der Waals surface area (Å²) < 4.78 is 24.9. The van der Waals surface area contributed by atoms with Crippen molar-refractivity contribution in [2.75, 3.05) is 26.3 Å². The average Bonchev–Trinajstić information content (AvgIpc) is 3.15. The lowest BCUT2D eigenvalue weighted by Crippen LogP contribution is -2.36. The Kier molecular flexibility index (Phi) is 5.25. The molecule has 0 spiro atoms. The molecule has 4 rings (SSSR count). The zero-order chi connectivity index (χ0) is 18.6. The van der Waals surface area contributed by atoms with E-state index in [0.29, 0.717) is 25.3 Å². The van der Waals surface area contributed by atoms with Crippen LogP contribution >= 0.6 is 0 Å². The van der Waals surface area contributed by atoms with Crippen LogP contribution in [0, 0.1) is 5.82 Å². The van der Waals surface area contributed by atoms with Crippen LogP contribution < -0.4 is 14.8 Å². The summed E-state index contributed by atoms with van der Waals surface area (Å²) >= 11 is 0. The molecule has 0 aliphatic carbocycles. The molecule has 27 heavy (non-hydrogen) atoms. The van der Waals surface area contributed by atoms with Crippen molar-refractivity contribution >= 4 is 5.91 Å². The van der Waals surface area contributed by atoms with Crippen LogP contribution in [0.15, 0.2) is 42.5 Å². The number of halogens is 1. The predicted molar refractivity (Wildman–Crippen MR) is 99.2 cm³/mol. The first-order chi connectivity index (χ1) is 13.2. The largest absolute Gasteiger partial charge is 0.486 e. The van der Waals surface area contributed by atoms with E-state index in [0.717, 1.165) is 36.4 Å². The van der Waals surface area contributed by atoms with Crippen LogP contribution in [0.25, 0.3) is 0 Å². The summed E-state index contributed by atoms with van der Waals surface area (Å²) in [5.74, 6) is 1.16. The third kappa shape index (κ3) is 4.06. The second kappa shape index (κ2) is 7.96. The highest BCUT2D eigenvalue weighted by Gasteiger charge is 2.28. The number of likely N-dealkylation sites (tertiary alicyclic amines) is 1. The first-order valence-corrected chi connectivity index (χ1v) is 9.34. The molecule has 0 saturated carbocycles. The number of benzene rings is 2. The van der Waals surface area contributed by atoms with E-state index in [1.54, 1.807) is 18.2 Å². The third-order valence-corrected chi connectivity index (χ3v) is 5.10. The summed E-state index contributed by atoms with van der Waals surface area (Å²) in [6, 6.07) is 12.7. The third-order valence-electron chi connectivity index (χ3n) is 5.10. The second-order valence-electron chi connectivity index (χ2n) is 6.90. The molecule has 0 aromatic heterocycles. The fourth-order valence-electron chi connectivity index (χ4n) is 3.74. The van der Waals surface area contributed by atoms with Gasteiger partial charge in [-0.25, -0.2) is 4.39 Å². The van der Waals surface area contributed by atoms with Crippen LogP contribution in [0.4, 0.5) is 4.39 Å². The summed E-state index contributed by atoms with van der Waals surface area (Å²) in [5, 5.41) is 2.82. The van der Waals surface area contributed by atoms with Gasteiger partial charge in [-0.3, -0.25) is 9.69 Å². The Bertz CT molecular complexity index is 827. The standard InChI is InChI=1S/C21H23FN2O3/c22-17-5-2-1-4-16(17)13-23-21(25)14-24-9-3-6-18(24)15-7-8-19-20(12-15)27-11-10-26-19/h1-2,4-5,7-8,12,18H,3,6,9-11,13-14H2,(H,23,25)/t18-/m1/s1. The minimum Gasteiger partial charge on any atom is -0.486 e. The van der Waals surface area contributed by atoms with Gasteiger partial charge in [0.2, 0.25) is 5.91 Å². The first-order valence-electron chi connectivity index (χ1n) is 9.34. The van der Waals surface area contributed by atoms with Crippen molar-refractivity contribution in [3.8, 4) is 11.5 Å². The molecular weight excluding hydrogens is 347 g/mol. The van der Waals surface area contributed by atoms with E-state index in [2.05, 4.69) is 10.2 Å². The predicted octanol–water partition coefficient (Wildman–Crippen LogP) is 3.05. The summed E-state index contributed by atoms with van der Waals surface area (Å²) in [6.07, 6.45) is 2.04. The van der Waals surface area contributed by atoms with Gasteiger partial charge in [0, 0.05) is 18.2 Å². The van der Waals surface area contributed by atoms with Gasteiger partial charge >= 0.3 is 0 Å². The van der Waals surface area contributed by atoms with E-state index in [4.69, 9.17) is 9.47 Å². The van der Waals surface area contributed by atoms with Crippen molar-refractivity contribution < 1.29 is 18.7 Å². The van der Waals surface area contributed by atoms with Gasteiger partial charge in [0.05, 0.1) is 6.54 Å². The van der Waals surface area contributed by atoms with Crippen LogP contribution in [-0.4, -0.2) is 37.1 Å². The lowest BCUT2D eigenvalue weighted by Gasteiger charge is -2.26. The zero-order valence-electron chi connectivity index (χ0n) is 15.1. The number of carbonyl (C=O) groups is 1. The maximum Gasteiger partial charge on any atom is 0.234 e. The van der Waals surface area contributed by atoms with E-state index in [9.17, 15) is 9.18 Å². The van der Waals surface area contributed by atoms with Gasteiger partial charge in [-0.15, -0.1) is 0 Å². The van der Waals surface area contributed by atoms with Gasteiger partial charge in [0.25, 0.3) is 0 Å². The normalized spacial score (nSPS) is 19.1. The number of hydrogen-bond acceptors (Lipinski definition) is 4. The molecule has 6 heteroatoms. The Labute approximate surface area is 158 Å². The lowest BCUT2D eigenvalue weighted by molar-refractivity contribution is -0.122. The summed E-state index contributed by atoms with van der Waals surface area (Å²) in [4.78, 5) is 14.5. The van der Waals surface area contributed by atoms with Gasteiger partial charge in [0.15, 0.2) is 11.5 Å². The molecule has 5 nitrogen and oxygen atoms in total. The quantitative estimate of drug-likeness (QED) is 0.879. The molecule has 2 aromatic rings. The average molecular weight is 370 g/mol. The molecule has 0 radical (unpaired) electrons. The maximum absolute atomic E-state index is 13.7. The minimum atomic E-state index is -0.298. The van der Waals surface area contributed by atoms with Crippen LogP contribution in [0.5, 0.6) is 11.5 Å². The Morgan fingerprint density at radius 2 is 1.96 bits per heavy atom. The number of nitrogens with zero attached hydrogens (tertiary/aromatic N) is 1. The smallest absolute Gasteiger partial charge is 0.234 e. The molecule has 1 N–H and O–H groups in total. The molecule has 2 aliphatic heterocycles. The van der Waals surface area contributed by atoms with Gasteiger partial charge < -0.3 is 14.8 Å². The van der Waals surface area contributed by atoms with Crippen LogP contribution in [0.1, 0.15) is 30.0 Å². The van der Waals surface area contributed by atoms with Gasteiger partial charge in [0.1, 0.15) is 19.0 Å². The van der Waals surface area contributed by atoms with Crippen LogP contribution in [0.3, 0.4) is 0 Å². The number of nitrogens with one attached hydrogen (secondary N) is 1. The number of amides is 1. The van der Waals surface area contributed by atoms with E-state index in [-0.39, 0.29) is 24.3 Å². The van der Waals surface area contributed by atoms with Crippen LogP contribution in [0.2, 0.25) is 0 Å². The summed E-state index contributed by atoms with van der Waals surface area (Å²) in [6.45, 7) is 2.50. The maximum atomic E-state index is 13.7. The highest BCUT2D eigenvalue weighted by molar-refractivity contribution is 5.78. The zero-order valence-corrected chi connectivity index (χ0v) is 15.1. The number of hydrogen-bond donors (Lipinski definition) is 1. The van der Waals surface area contributed by atoms with Crippen molar-refractivity contribution in [2.45, 2.75) is 25.4 Å². The van der Waals surface area contributed by atoms with E-state index < -0.39 is 0 Å². The van der Waals surface area contributed by atoms with Gasteiger partial charge in [-0.05, 0) is 43.1 Å². The van der Waals surface area contributed by atoms with Crippen LogP contribution in [-0.2, 0) is 11.3 Å². The summed E-state index contributed by atoms with van der Waals surface area (Å²) in [7, 11) is 0. The Balaban J connectivity index is 1.38. The molecule has 2 aromatic carbocycles. The molecule has 1 amide bonds. The van der Waals surface area contributed by atoms with E-state index in [1.807, 2.05) is 18.2 Å². The molecule has 2 heterocycles. The van der Waals surface area contributed by atoms with Crippen molar-refractivity contribution in [3.63, 3.8) is 0 Å². The Hall–Kier alpha value is -2.60. The summed E-state index contributed by atoms with van der Waals surface area (Å²) in [5.41, 5.74) is 1.63. The fourth-order valence-corrected chi connectivity index (χ4v) is 3.74. The SMILES string of the molecule is O=C(CN1CCC[C@@H]1c1ccc2c(c1)OCCO2)NCc1ccccc1F. The molecule has 0 unspecified atom stereocenters. The van der Waals surface area contributed by atoms with Gasteiger partial charge in [-0.1, -0.05) is 24.3 Å². The molecule has 2 aliphatic rings. The number of rotatable bonds is 5. The highest BCUT2D eigenvalue weighted by Crippen LogP contribution is 2.37.